The zero-order chi connectivity index (χ0) is 38.3. The first-order valence-electron chi connectivity index (χ1n) is 21.1. The lowest BCUT2D eigenvalue weighted by molar-refractivity contribution is -0.147. The van der Waals surface area contributed by atoms with Crippen molar-refractivity contribution in [3.05, 3.63) is 0 Å². The summed E-state index contributed by atoms with van der Waals surface area (Å²) in [6, 6.07) is -1.37. The van der Waals surface area contributed by atoms with Crippen LogP contribution in [0.15, 0.2) is 0 Å². The smallest absolute Gasteiger partial charge is 0.285 e. The average molecular weight is 738 g/mol. The van der Waals surface area contributed by atoms with Gasteiger partial charge in [-0.05, 0) is 85.4 Å². The van der Waals surface area contributed by atoms with Crippen molar-refractivity contribution >= 4 is 35.1 Å². The van der Waals surface area contributed by atoms with E-state index in [1.165, 1.54) is 0 Å². The van der Waals surface area contributed by atoms with Crippen LogP contribution in [0.3, 0.4) is 0 Å². The molecule has 2 saturated heterocycles. The van der Waals surface area contributed by atoms with Gasteiger partial charge in [-0.1, -0.05) is 79.6 Å². The molecule has 0 aromatic carbocycles. The van der Waals surface area contributed by atoms with Crippen LogP contribution in [-0.2, 0) is 33.5 Å². The second-order valence-corrected chi connectivity index (χ2v) is 19.7. The molecule has 0 aromatic rings. The molecule has 10 heteroatoms. The molecule has 4 aliphatic carbocycles. The van der Waals surface area contributed by atoms with Crippen molar-refractivity contribution in [2.45, 2.75) is 162 Å². The molecule has 5 atom stereocenters. The van der Waals surface area contributed by atoms with Crippen molar-refractivity contribution in [1.82, 2.24) is 10.2 Å². The number of amides is 3. The molecule has 4 saturated carbocycles. The van der Waals surface area contributed by atoms with E-state index in [1.54, 1.807) is 4.90 Å². The summed E-state index contributed by atoms with van der Waals surface area (Å²) in [6.45, 7) is 12.3. The van der Waals surface area contributed by atoms with Crippen LogP contribution < -0.4 is 11.1 Å². The molecule has 1 unspecified atom stereocenters. The van der Waals surface area contributed by atoms with E-state index in [0.717, 1.165) is 83.5 Å². The molecule has 2 aliphatic heterocycles. The predicted octanol–water partition coefficient (Wildman–Crippen LogP) is 6.11. The monoisotopic (exact) mass is 737 g/mol. The molecule has 3 N–H and O–H groups in total. The number of ether oxygens (including phenoxy) is 1. The van der Waals surface area contributed by atoms with Crippen LogP contribution in [0.5, 0.6) is 0 Å². The van der Waals surface area contributed by atoms with Crippen LogP contribution in [0.25, 0.3) is 0 Å². The minimum atomic E-state index is -1.01. The number of fused-ring (bicyclic) bond motifs is 1. The number of primary amides is 1. The second kappa shape index (κ2) is 15.5. The molecule has 6 fully saturated rings. The fourth-order valence-corrected chi connectivity index (χ4v) is 11.8. The maximum Gasteiger partial charge on any atom is 0.285 e. The minimum absolute atomic E-state index is 0.00946. The summed E-state index contributed by atoms with van der Waals surface area (Å²) in [7, 11) is 0. The summed E-state index contributed by atoms with van der Waals surface area (Å²) in [5, 5.41) is 3.17. The maximum absolute atomic E-state index is 15.1. The maximum atomic E-state index is 15.1. The van der Waals surface area contributed by atoms with Crippen molar-refractivity contribution in [3.8, 4) is 0 Å². The van der Waals surface area contributed by atoms with Gasteiger partial charge in [0.25, 0.3) is 5.91 Å². The van der Waals surface area contributed by atoms with Crippen molar-refractivity contribution in [3.63, 3.8) is 0 Å². The Labute approximate surface area is 317 Å². The molecule has 53 heavy (non-hydrogen) atoms. The van der Waals surface area contributed by atoms with Crippen molar-refractivity contribution in [1.29, 1.82) is 0 Å². The Kier molecular flexibility index (Phi) is 11.7. The van der Waals surface area contributed by atoms with Gasteiger partial charge in [-0.3, -0.25) is 28.8 Å². The summed E-state index contributed by atoms with van der Waals surface area (Å²) < 4.78 is 5.49. The fourth-order valence-electron chi connectivity index (χ4n) is 11.8. The number of Topliss-reactive ketones (excluding diaryl/α,β-unsaturated/α-hetero) is 3. The van der Waals surface area contributed by atoms with Gasteiger partial charge in [-0.2, -0.15) is 0 Å². The van der Waals surface area contributed by atoms with E-state index in [2.05, 4.69) is 19.2 Å². The number of nitrogens with zero attached hydrogens (tertiary/aromatic N) is 1. The molecule has 0 radical (unpaired) electrons. The number of rotatable bonds is 15. The first kappa shape index (κ1) is 40.1. The predicted molar refractivity (Wildman–Crippen MR) is 201 cm³/mol. The summed E-state index contributed by atoms with van der Waals surface area (Å²) in [5.41, 5.74) is 4.72. The quantitative estimate of drug-likeness (QED) is 0.193. The van der Waals surface area contributed by atoms with Crippen LogP contribution in [-0.4, -0.2) is 71.8 Å². The van der Waals surface area contributed by atoms with Gasteiger partial charge in [-0.15, -0.1) is 0 Å². The van der Waals surface area contributed by atoms with Gasteiger partial charge in [0.1, 0.15) is 0 Å². The highest BCUT2D eigenvalue weighted by molar-refractivity contribution is 6.36. The van der Waals surface area contributed by atoms with E-state index in [9.17, 15) is 24.0 Å². The van der Waals surface area contributed by atoms with Crippen molar-refractivity contribution in [2.24, 2.45) is 57.0 Å². The summed E-state index contributed by atoms with van der Waals surface area (Å²) in [4.78, 5) is 84.5. The van der Waals surface area contributed by atoms with E-state index in [4.69, 9.17) is 10.5 Å². The number of hydrogen-bond donors (Lipinski definition) is 2. The van der Waals surface area contributed by atoms with E-state index in [0.29, 0.717) is 44.9 Å². The van der Waals surface area contributed by atoms with Gasteiger partial charge in [0.05, 0.1) is 12.1 Å². The van der Waals surface area contributed by atoms with E-state index in [-0.39, 0.29) is 64.3 Å². The largest absolute Gasteiger partial charge is 0.381 e. The molecular formula is C43H67N3O7. The minimum Gasteiger partial charge on any atom is -0.381 e. The van der Waals surface area contributed by atoms with Gasteiger partial charge in [0, 0.05) is 56.3 Å². The van der Waals surface area contributed by atoms with Gasteiger partial charge < -0.3 is 20.7 Å². The number of ketones is 3. The zero-order valence-corrected chi connectivity index (χ0v) is 33.3. The van der Waals surface area contributed by atoms with Gasteiger partial charge >= 0.3 is 0 Å². The zero-order valence-electron chi connectivity index (χ0n) is 33.3. The number of likely N-dealkylation sites (tertiary alicyclic amines) is 1. The van der Waals surface area contributed by atoms with Crippen LogP contribution in [0.2, 0.25) is 0 Å². The Balaban J connectivity index is 1.25. The van der Waals surface area contributed by atoms with Gasteiger partial charge in [0.2, 0.25) is 17.6 Å². The molecule has 6 rings (SSSR count). The second-order valence-electron chi connectivity index (χ2n) is 19.7. The molecular weight excluding hydrogens is 670 g/mol. The van der Waals surface area contributed by atoms with Gasteiger partial charge in [0.15, 0.2) is 11.6 Å². The Bertz CT molecular complexity index is 1430. The summed E-state index contributed by atoms with van der Waals surface area (Å²) in [6.07, 6.45) is 14.2. The Morgan fingerprint density at radius 3 is 2.02 bits per heavy atom. The normalized spacial score (nSPS) is 28.8. The number of carbonyl (C=O) groups excluding carboxylic acids is 6. The number of nitrogens with two attached hydrogens (primary N) is 1. The highest BCUT2D eigenvalue weighted by Crippen LogP contribution is 2.88. The molecule has 3 amide bonds. The lowest BCUT2D eigenvalue weighted by Crippen LogP contribution is -2.51. The average Bonchev–Trinajstić information content (AvgIpc) is 3.28. The molecule has 2 spiro atoms. The van der Waals surface area contributed by atoms with E-state index in [1.807, 2.05) is 20.8 Å². The highest BCUT2D eigenvalue weighted by Gasteiger charge is 2.85. The van der Waals surface area contributed by atoms with E-state index >= 15 is 4.79 Å². The molecule has 2 heterocycles. The first-order chi connectivity index (χ1) is 25.0. The lowest BCUT2D eigenvalue weighted by Gasteiger charge is -2.37. The standard InChI is InChI=1S/C43H67N3O7/c1-40(2,3)31(24-34(48)36(29-13-7-6-8-14-29)45-35(49)22-28-15-19-53-20-16-28)39(52)46-26-43(41(4,5)42(43)17-10-18-42)25-32(46)33(47)23-30(37(50)38(44)51)21-27-11-9-12-27/h27-32,36H,6-26H2,1-5H3,(H2,44,51)(H,45,49)/t30?,31-,32+,36+,43-/m1/s1. The SMILES string of the molecule is CC(C)(C)[C@H](CC(=O)[C@@H](NC(=O)CC1CCOCC1)C1CCCCC1)C(=O)N1C[C@]2(C[C@H]1C(=O)CC(CC1CCC1)C(=O)C(N)=O)C(C)(C)C21CCC1. The van der Waals surface area contributed by atoms with Crippen LogP contribution in [0, 0.1) is 51.2 Å². The molecule has 6 aliphatic rings. The van der Waals surface area contributed by atoms with Crippen LogP contribution in [0.4, 0.5) is 0 Å². The molecule has 0 aromatic heterocycles. The Morgan fingerprint density at radius 2 is 1.49 bits per heavy atom. The third-order valence-corrected chi connectivity index (χ3v) is 15.7. The van der Waals surface area contributed by atoms with Crippen molar-refractivity contribution in [2.75, 3.05) is 19.8 Å². The van der Waals surface area contributed by atoms with E-state index < -0.39 is 41.0 Å². The third-order valence-electron chi connectivity index (χ3n) is 15.7. The number of hydrogen-bond acceptors (Lipinski definition) is 7. The topological polar surface area (TPSA) is 153 Å². The third kappa shape index (κ3) is 7.65. The van der Waals surface area contributed by atoms with Crippen LogP contribution >= 0.6 is 0 Å². The van der Waals surface area contributed by atoms with Gasteiger partial charge in [-0.25, -0.2) is 0 Å². The Hall–Kier alpha value is -2.62. The lowest BCUT2D eigenvalue weighted by atomic mass is 9.73. The number of carbonyl (C=O) groups is 6. The first-order valence-corrected chi connectivity index (χ1v) is 21.1. The number of nitrogens with one attached hydrogen (secondary N) is 1. The van der Waals surface area contributed by atoms with Crippen molar-refractivity contribution < 1.29 is 33.5 Å². The fraction of sp³-hybridized carbons (Fsp3) is 0.860. The molecule has 0 bridgehead atoms. The summed E-state index contributed by atoms with van der Waals surface area (Å²) >= 11 is 0. The molecule has 10 nitrogen and oxygen atoms in total. The summed E-state index contributed by atoms with van der Waals surface area (Å²) in [5.74, 6) is -3.16. The van der Waals surface area contributed by atoms with Crippen LogP contribution in [0.1, 0.15) is 150 Å². The molecule has 296 valence electrons. The highest BCUT2D eigenvalue weighted by atomic mass is 16.5. The Morgan fingerprint density at radius 1 is 0.830 bits per heavy atom.